The van der Waals surface area contributed by atoms with E-state index >= 15 is 0 Å². The van der Waals surface area contributed by atoms with Crippen LogP contribution in [0.1, 0.15) is 29.8 Å². The predicted octanol–water partition coefficient (Wildman–Crippen LogP) is 3.12. The number of aryl methyl sites for hydroxylation is 1. The molecule has 0 unspecified atom stereocenters. The molecule has 0 aliphatic heterocycles. The van der Waals surface area contributed by atoms with Crippen molar-refractivity contribution < 1.29 is 0 Å². The van der Waals surface area contributed by atoms with Crippen molar-refractivity contribution in [1.29, 1.82) is 0 Å². The maximum absolute atomic E-state index is 5.79. The molecule has 0 saturated carbocycles. The summed E-state index contributed by atoms with van der Waals surface area (Å²) < 4.78 is -1.39. The van der Waals surface area contributed by atoms with Gasteiger partial charge >= 0.3 is 0 Å². The summed E-state index contributed by atoms with van der Waals surface area (Å²) >= 11 is 17.4. The van der Waals surface area contributed by atoms with Crippen LogP contribution in [0.15, 0.2) is 0 Å². The summed E-state index contributed by atoms with van der Waals surface area (Å²) in [5.74, 6) is 0. The van der Waals surface area contributed by atoms with Gasteiger partial charge in [0.25, 0.3) is 0 Å². The van der Waals surface area contributed by atoms with Gasteiger partial charge in [0.05, 0.1) is 0 Å². The number of aromatic amines is 1. The van der Waals surface area contributed by atoms with Crippen LogP contribution in [-0.2, 0) is 16.6 Å². The van der Waals surface area contributed by atoms with Crippen molar-refractivity contribution in [3.8, 4) is 0 Å². The van der Waals surface area contributed by atoms with E-state index in [9.17, 15) is 0 Å². The monoisotopic (exact) mass is 238 g/mol. The Kier molecular flexibility index (Phi) is 2.47. The molecular weight excluding hydrogens is 230 g/mol. The molecule has 0 spiro atoms. The molecule has 0 amide bonds. The number of rotatable bonds is 0. The summed E-state index contributed by atoms with van der Waals surface area (Å²) in [5.41, 5.74) is 2.81. The van der Waals surface area contributed by atoms with Crippen LogP contribution in [0.25, 0.3) is 0 Å². The second kappa shape index (κ2) is 3.34. The van der Waals surface area contributed by atoms with E-state index in [0.717, 1.165) is 30.5 Å². The summed E-state index contributed by atoms with van der Waals surface area (Å²) in [4.78, 5) is 0. The van der Waals surface area contributed by atoms with E-state index in [2.05, 4.69) is 10.2 Å². The molecule has 13 heavy (non-hydrogen) atoms. The third-order valence-corrected chi connectivity index (χ3v) is 2.86. The third kappa shape index (κ3) is 1.80. The highest BCUT2D eigenvalue weighted by Crippen LogP contribution is 2.40. The second-order valence-electron chi connectivity index (χ2n) is 3.23. The molecule has 0 aromatic carbocycles. The Morgan fingerprint density at radius 1 is 1.15 bits per heavy atom. The number of hydrogen-bond donors (Lipinski definition) is 1. The molecule has 0 radical (unpaired) electrons. The molecule has 72 valence electrons. The Labute approximate surface area is 91.6 Å². The van der Waals surface area contributed by atoms with Crippen LogP contribution in [-0.4, -0.2) is 10.2 Å². The van der Waals surface area contributed by atoms with Crippen LogP contribution in [0, 0.1) is 0 Å². The summed E-state index contributed by atoms with van der Waals surface area (Å²) in [6.07, 6.45) is 4.33. The third-order valence-electron chi connectivity index (χ3n) is 2.32. The van der Waals surface area contributed by atoms with Crippen LogP contribution in [0.5, 0.6) is 0 Å². The average molecular weight is 240 g/mol. The Hall–Kier alpha value is 0.0800. The van der Waals surface area contributed by atoms with E-state index in [1.165, 1.54) is 6.42 Å². The van der Waals surface area contributed by atoms with E-state index in [0.29, 0.717) is 5.69 Å². The molecule has 1 aliphatic rings. The zero-order valence-electron chi connectivity index (χ0n) is 6.91. The molecule has 2 rings (SSSR count). The molecule has 2 nitrogen and oxygen atoms in total. The molecule has 5 heteroatoms. The lowest BCUT2D eigenvalue weighted by Gasteiger charge is -2.14. The first-order valence-corrected chi connectivity index (χ1v) is 5.36. The largest absolute Gasteiger partial charge is 0.282 e. The highest BCUT2D eigenvalue weighted by Gasteiger charge is 2.31. The van der Waals surface area contributed by atoms with Gasteiger partial charge in [-0.25, -0.2) is 0 Å². The van der Waals surface area contributed by atoms with Crippen molar-refractivity contribution in [3.63, 3.8) is 0 Å². The first-order chi connectivity index (χ1) is 6.09. The smallest absolute Gasteiger partial charge is 0.234 e. The van der Waals surface area contributed by atoms with Crippen molar-refractivity contribution in [2.45, 2.75) is 29.5 Å². The lowest BCUT2D eigenvalue weighted by atomic mass is 9.96. The molecule has 1 heterocycles. The van der Waals surface area contributed by atoms with Crippen LogP contribution in [0.2, 0.25) is 0 Å². The quantitative estimate of drug-likeness (QED) is 0.693. The second-order valence-corrected chi connectivity index (χ2v) is 5.52. The molecular formula is C8H9Cl3N2. The van der Waals surface area contributed by atoms with E-state index in [1.54, 1.807) is 0 Å². The van der Waals surface area contributed by atoms with Crippen molar-refractivity contribution in [1.82, 2.24) is 10.2 Å². The van der Waals surface area contributed by atoms with Crippen LogP contribution in [0.4, 0.5) is 0 Å². The van der Waals surface area contributed by atoms with Gasteiger partial charge in [-0.15, -0.1) is 0 Å². The average Bonchev–Trinajstić information content (AvgIpc) is 2.45. The lowest BCUT2D eigenvalue weighted by Crippen LogP contribution is -2.08. The minimum atomic E-state index is -1.39. The number of aromatic nitrogens is 2. The first-order valence-electron chi connectivity index (χ1n) is 4.22. The summed E-state index contributed by atoms with van der Waals surface area (Å²) in [7, 11) is 0. The Morgan fingerprint density at radius 3 is 2.54 bits per heavy atom. The standard InChI is InChI=1S/C8H9Cl3N2/c9-8(10,11)7-5-3-1-2-4-6(5)12-13-7/h1-4H2,(H,12,13). The Bertz CT molecular complexity index is 314. The van der Waals surface area contributed by atoms with Gasteiger partial charge in [0.1, 0.15) is 5.69 Å². The van der Waals surface area contributed by atoms with Gasteiger partial charge < -0.3 is 0 Å². The van der Waals surface area contributed by atoms with E-state index in [4.69, 9.17) is 34.8 Å². The van der Waals surface area contributed by atoms with Crippen LogP contribution in [0.3, 0.4) is 0 Å². The minimum absolute atomic E-state index is 0.576. The maximum Gasteiger partial charge on any atom is 0.234 e. The Balaban J connectivity index is 2.43. The summed E-state index contributed by atoms with van der Waals surface area (Å²) in [6.45, 7) is 0. The molecule has 1 aromatic rings. The zero-order valence-corrected chi connectivity index (χ0v) is 9.18. The number of nitrogens with zero attached hydrogens (tertiary/aromatic N) is 1. The summed E-state index contributed by atoms with van der Waals surface area (Å²) in [5, 5.41) is 6.98. The van der Waals surface area contributed by atoms with E-state index in [1.807, 2.05) is 0 Å². The topological polar surface area (TPSA) is 28.7 Å². The fourth-order valence-electron chi connectivity index (χ4n) is 1.72. The van der Waals surface area contributed by atoms with E-state index < -0.39 is 3.79 Å². The molecule has 0 fully saturated rings. The van der Waals surface area contributed by atoms with Gasteiger partial charge in [0.2, 0.25) is 3.79 Å². The van der Waals surface area contributed by atoms with Gasteiger partial charge in [0.15, 0.2) is 0 Å². The van der Waals surface area contributed by atoms with Crippen molar-refractivity contribution in [3.05, 3.63) is 17.0 Å². The number of alkyl halides is 3. The minimum Gasteiger partial charge on any atom is -0.282 e. The molecule has 1 N–H and O–H groups in total. The van der Waals surface area contributed by atoms with Gasteiger partial charge in [0, 0.05) is 11.3 Å². The fraction of sp³-hybridized carbons (Fsp3) is 0.625. The van der Waals surface area contributed by atoms with Gasteiger partial charge in [-0.1, -0.05) is 34.8 Å². The maximum atomic E-state index is 5.79. The normalized spacial score (nSPS) is 17.2. The summed E-state index contributed by atoms with van der Waals surface area (Å²) in [6, 6.07) is 0. The molecule has 0 saturated heterocycles. The SMILES string of the molecule is ClC(Cl)(Cl)c1n[nH]c2c1CCCC2. The van der Waals surface area contributed by atoms with Crippen LogP contribution < -0.4 is 0 Å². The number of nitrogens with one attached hydrogen (secondary N) is 1. The van der Waals surface area contributed by atoms with Crippen molar-refractivity contribution >= 4 is 34.8 Å². The number of halogens is 3. The van der Waals surface area contributed by atoms with Crippen molar-refractivity contribution in [2.75, 3.05) is 0 Å². The Morgan fingerprint density at radius 2 is 1.85 bits per heavy atom. The highest BCUT2D eigenvalue weighted by molar-refractivity contribution is 6.66. The van der Waals surface area contributed by atoms with Gasteiger partial charge in [-0.2, -0.15) is 5.10 Å². The lowest BCUT2D eigenvalue weighted by molar-refractivity contribution is 0.672. The molecule has 1 aliphatic carbocycles. The molecule has 0 bridgehead atoms. The fourth-order valence-corrected chi connectivity index (χ4v) is 2.18. The highest BCUT2D eigenvalue weighted by atomic mass is 35.6. The molecule has 0 atom stereocenters. The number of H-pyrrole nitrogens is 1. The zero-order chi connectivity index (χ0) is 9.47. The van der Waals surface area contributed by atoms with Gasteiger partial charge in [-0.05, 0) is 25.7 Å². The van der Waals surface area contributed by atoms with E-state index in [-0.39, 0.29) is 0 Å². The predicted molar refractivity (Wildman–Crippen MR) is 54.5 cm³/mol. The van der Waals surface area contributed by atoms with Crippen molar-refractivity contribution in [2.24, 2.45) is 0 Å². The van der Waals surface area contributed by atoms with Gasteiger partial charge in [-0.3, -0.25) is 5.10 Å². The van der Waals surface area contributed by atoms with Crippen LogP contribution >= 0.6 is 34.8 Å². The molecule has 1 aromatic heterocycles. The first kappa shape index (κ1) is 9.63. The number of hydrogen-bond acceptors (Lipinski definition) is 1. The number of fused-ring (bicyclic) bond motifs is 1.